The summed E-state index contributed by atoms with van der Waals surface area (Å²) in [6.45, 7) is 9.87. The zero-order valence-corrected chi connectivity index (χ0v) is 13.0. The van der Waals surface area contributed by atoms with Crippen LogP contribution in [0, 0.1) is 0 Å². The normalized spacial score (nSPS) is 10.2. The van der Waals surface area contributed by atoms with E-state index in [-0.39, 0.29) is 1.43 Å². The number of aliphatic hydroxyl groups excluding tert-OH is 2. The van der Waals surface area contributed by atoms with Crippen molar-refractivity contribution in [3.63, 3.8) is 0 Å². The predicted molar refractivity (Wildman–Crippen MR) is 78.3 cm³/mol. The summed E-state index contributed by atoms with van der Waals surface area (Å²) in [5, 5.41) is 16.4. The molecule has 0 heterocycles. The molecule has 0 bridgehead atoms. The number of quaternary nitrogens is 1. The predicted octanol–water partition coefficient (Wildman–Crippen LogP) is 1.28. The third kappa shape index (κ3) is 31.3. The highest BCUT2D eigenvalue weighted by molar-refractivity contribution is 4.26. The maximum Gasteiger partial charge on any atom is 0.102 e. The maximum atomic E-state index is 8.52. The van der Waals surface area contributed by atoms with Crippen molar-refractivity contribution in [2.24, 2.45) is 0 Å². The molecule has 0 spiro atoms. The van der Waals surface area contributed by atoms with E-state index in [0.29, 0.717) is 13.2 Å². The molecule has 110 valence electrons. The van der Waals surface area contributed by atoms with Gasteiger partial charge in [-0.2, -0.15) is 0 Å². The topological polar surface area (TPSA) is 43.7 Å². The lowest BCUT2D eigenvalue weighted by atomic mass is 10.5. The zero-order chi connectivity index (χ0) is 14.3. The summed E-state index contributed by atoms with van der Waals surface area (Å²) in [6, 6.07) is 0. The highest BCUT2D eigenvalue weighted by atomic mass is 16.3. The Morgan fingerprint density at radius 3 is 1.41 bits per heavy atom. The molecule has 0 saturated carbocycles. The first-order valence-corrected chi connectivity index (χ1v) is 6.49. The highest BCUT2D eigenvalue weighted by Gasteiger charge is 2.08. The van der Waals surface area contributed by atoms with Crippen molar-refractivity contribution in [1.82, 2.24) is 4.90 Å². The van der Waals surface area contributed by atoms with Gasteiger partial charge in [-0.05, 0) is 34.0 Å². The molecule has 0 unspecified atom stereocenters. The molecular weight excluding hydrogens is 216 g/mol. The number of aliphatic hydroxyl groups is 2. The highest BCUT2D eigenvalue weighted by Crippen LogP contribution is 1.92. The first kappa shape index (κ1) is 22.1. The molecule has 0 rings (SSSR count). The first-order valence-electron chi connectivity index (χ1n) is 6.49. The van der Waals surface area contributed by atoms with Crippen molar-refractivity contribution in [1.29, 1.82) is 0 Å². The van der Waals surface area contributed by atoms with Crippen molar-refractivity contribution in [3.05, 3.63) is 0 Å². The molecular formula is C13H37N2O2+. The number of likely N-dealkylation sites (N-methyl/N-ethyl adjacent to an activating group) is 1. The van der Waals surface area contributed by atoms with Gasteiger partial charge in [0.2, 0.25) is 0 Å². The van der Waals surface area contributed by atoms with Crippen molar-refractivity contribution < 1.29 is 16.1 Å². The van der Waals surface area contributed by atoms with E-state index in [2.05, 4.69) is 46.9 Å². The van der Waals surface area contributed by atoms with Gasteiger partial charge >= 0.3 is 0 Å². The van der Waals surface area contributed by atoms with E-state index in [4.69, 9.17) is 10.2 Å². The van der Waals surface area contributed by atoms with Crippen LogP contribution in [0.4, 0.5) is 0 Å². The quantitative estimate of drug-likeness (QED) is 0.726. The van der Waals surface area contributed by atoms with Gasteiger partial charge in [-0.15, -0.1) is 0 Å². The lowest BCUT2D eigenvalue weighted by Gasteiger charge is -2.26. The van der Waals surface area contributed by atoms with E-state index >= 15 is 0 Å². The second-order valence-corrected chi connectivity index (χ2v) is 4.82. The third-order valence-corrected chi connectivity index (χ3v) is 2.42. The molecule has 0 radical (unpaired) electrons. The van der Waals surface area contributed by atoms with Gasteiger partial charge in [-0.3, -0.25) is 0 Å². The lowest BCUT2D eigenvalue weighted by molar-refractivity contribution is -0.888. The monoisotopic (exact) mass is 254 g/mol. The fourth-order valence-corrected chi connectivity index (χ4v) is 0.429. The minimum Gasteiger partial charge on any atom is -0.396 e. The Labute approximate surface area is 110 Å². The van der Waals surface area contributed by atoms with Crippen LogP contribution in [-0.2, 0) is 0 Å². The molecule has 17 heavy (non-hydrogen) atoms. The summed E-state index contributed by atoms with van der Waals surface area (Å²) in [7, 11) is 8.33. The summed E-state index contributed by atoms with van der Waals surface area (Å²) in [5.41, 5.74) is 0. The standard InChI is InChI=1S/C6H16NO.C4H11N.C3H8O.H2/c1-4-7(2,3)5-6-8;1-4-5(2)3;1-2-3-4;/h8H,4-6H2,1-3H3;4H2,1-3H3;4H,2-3H2,1H3;1H/q+1;;;/i;;;1+1. The van der Waals surface area contributed by atoms with E-state index in [0.717, 1.165) is 30.5 Å². The van der Waals surface area contributed by atoms with Crippen molar-refractivity contribution in [2.75, 3.05) is 61.0 Å². The van der Waals surface area contributed by atoms with Gasteiger partial charge in [0, 0.05) is 8.03 Å². The largest absolute Gasteiger partial charge is 0.396 e. The van der Waals surface area contributed by atoms with Gasteiger partial charge in [0.1, 0.15) is 6.54 Å². The molecule has 2 N–H and O–H groups in total. The Morgan fingerprint density at radius 1 is 1.00 bits per heavy atom. The summed E-state index contributed by atoms with van der Waals surface area (Å²) >= 11 is 0. The van der Waals surface area contributed by atoms with Gasteiger partial charge in [-0.1, -0.05) is 13.8 Å². The summed E-state index contributed by atoms with van der Waals surface area (Å²) < 4.78 is 0.913. The smallest absolute Gasteiger partial charge is 0.102 e. The molecule has 0 aromatic carbocycles. The van der Waals surface area contributed by atoms with Crippen molar-refractivity contribution in [3.8, 4) is 0 Å². The number of hydrogen-bond donors (Lipinski definition) is 2. The van der Waals surface area contributed by atoms with Crippen LogP contribution in [0.25, 0.3) is 0 Å². The maximum absolute atomic E-state index is 8.52. The van der Waals surface area contributed by atoms with Crippen LogP contribution < -0.4 is 0 Å². The Kier molecular flexibility index (Phi) is 20.6. The van der Waals surface area contributed by atoms with E-state index in [9.17, 15) is 0 Å². The summed E-state index contributed by atoms with van der Waals surface area (Å²) in [5.74, 6) is 0. The minimum atomic E-state index is 0. The van der Waals surface area contributed by atoms with Crippen molar-refractivity contribution in [2.45, 2.75) is 27.2 Å². The van der Waals surface area contributed by atoms with E-state index in [1.807, 2.05) is 6.92 Å². The molecule has 4 heteroatoms. The van der Waals surface area contributed by atoms with Crippen LogP contribution in [0.3, 0.4) is 0 Å². The fraction of sp³-hybridized carbons (Fsp3) is 1.00. The van der Waals surface area contributed by atoms with E-state index in [1.165, 1.54) is 0 Å². The van der Waals surface area contributed by atoms with Crippen LogP contribution in [0.1, 0.15) is 28.6 Å². The average Bonchev–Trinajstić information content (AvgIpc) is 2.30. The van der Waals surface area contributed by atoms with E-state index in [1.54, 1.807) is 0 Å². The number of nitrogens with zero attached hydrogens (tertiary/aromatic N) is 2. The van der Waals surface area contributed by atoms with E-state index < -0.39 is 0 Å². The van der Waals surface area contributed by atoms with Gasteiger partial charge in [0.15, 0.2) is 0 Å². The Balaban J connectivity index is -0.0000000855. The second-order valence-electron chi connectivity index (χ2n) is 4.82. The Hall–Kier alpha value is -0.160. The van der Waals surface area contributed by atoms with Gasteiger partial charge < -0.3 is 19.6 Å². The van der Waals surface area contributed by atoms with Crippen LogP contribution in [0.5, 0.6) is 0 Å². The zero-order valence-electron chi connectivity index (χ0n) is 13.0. The molecule has 0 amide bonds. The van der Waals surface area contributed by atoms with Gasteiger partial charge in [0.05, 0.1) is 27.2 Å². The van der Waals surface area contributed by atoms with Crippen LogP contribution >= 0.6 is 0 Å². The number of hydrogen-bond acceptors (Lipinski definition) is 3. The molecule has 0 atom stereocenters. The van der Waals surface area contributed by atoms with Crippen molar-refractivity contribution >= 4 is 0 Å². The summed E-state index contributed by atoms with van der Waals surface area (Å²) in [4.78, 5) is 2.12. The van der Waals surface area contributed by atoms with Crippen LogP contribution in [0.2, 0.25) is 0 Å². The summed E-state index contributed by atoms with van der Waals surface area (Å²) in [6.07, 6.45) is 0.875. The lowest BCUT2D eigenvalue weighted by Crippen LogP contribution is -2.41. The fourth-order valence-electron chi connectivity index (χ4n) is 0.429. The van der Waals surface area contributed by atoms with Crippen LogP contribution in [0.15, 0.2) is 0 Å². The molecule has 0 fully saturated rings. The molecule has 0 aliphatic rings. The second kappa shape index (κ2) is 15.8. The molecule has 4 nitrogen and oxygen atoms in total. The first-order chi connectivity index (χ1) is 7.81. The number of rotatable bonds is 5. The molecule has 0 aromatic heterocycles. The van der Waals surface area contributed by atoms with Gasteiger partial charge in [-0.25, -0.2) is 0 Å². The molecule has 0 aromatic rings. The molecule has 0 aliphatic carbocycles. The third-order valence-electron chi connectivity index (χ3n) is 2.42. The average molecular weight is 254 g/mol. The molecule has 0 aliphatic heterocycles. The Bertz CT molecular complexity index is 132. The minimum absolute atomic E-state index is 0. The van der Waals surface area contributed by atoms with Gasteiger partial charge in [0.25, 0.3) is 0 Å². The van der Waals surface area contributed by atoms with Crippen LogP contribution in [-0.4, -0.2) is 80.6 Å². The molecule has 0 saturated heterocycles. The Morgan fingerprint density at radius 2 is 1.35 bits per heavy atom. The SMILES string of the molecule is CCCO.CCN(C)C.CC[N+](C)(C)CCO.[2HH].